The van der Waals surface area contributed by atoms with Gasteiger partial charge in [0.25, 0.3) is 0 Å². The summed E-state index contributed by atoms with van der Waals surface area (Å²) in [6.07, 6.45) is 1.54. The second kappa shape index (κ2) is 9.43. The predicted molar refractivity (Wildman–Crippen MR) is 116 cm³/mol. The molecule has 0 radical (unpaired) electrons. The lowest BCUT2D eigenvalue weighted by molar-refractivity contribution is -0.307. The molecule has 2 aromatic heterocycles. The number of benzene rings is 2. The van der Waals surface area contributed by atoms with Crippen molar-refractivity contribution in [2.75, 3.05) is 26.1 Å². The summed E-state index contributed by atoms with van der Waals surface area (Å²) in [7, 11) is 3.16. The fourth-order valence-corrected chi connectivity index (χ4v) is 3.91. The number of thiazole rings is 1. The normalized spacial score (nSPS) is 10.7. The zero-order valence-electron chi connectivity index (χ0n) is 17.2. The first-order chi connectivity index (χ1) is 15.6. The van der Waals surface area contributed by atoms with Gasteiger partial charge < -0.3 is 29.4 Å². The van der Waals surface area contributed by atoms with E-state index in [9.17, 15) is 9.90 Å². The summed E-state index contributed by atoms with van der Waals surface area (Å²) in [5.41, 5.74) is 1.93. The third-order valence-electron chi connectivity index (χ3n) is 4.40. The van der Waals surface area contributed by atoms with Crippen LogP contribution in [-0.2, 0) is 11.3 Å². The molecule has 32 heavy (non-hydrogen) atoms. The molecule has 0 saturated heterocycles. The van der Waals surface area contributed by atoms with Crippen LogP contribution in [-0.4, -0.2) is 47.0 Å². The minimum atomic E-state index is -1.28. The Bertz CT molecular complexity index is 1240. The smallest absolute Gasteiger partial charge is 0.243 e. The molecule has 0 unspecified atom stereocenters. The molecule has 0 atom stereocenters. The summed E-state index contributed by atoms with van der Waals surface area (Å²) < 4.78 is 17.0. The minimum absolute atomic E-state index is 0.327. The Morgan fingerprint density at radius 3 is 2.62 bits per heavy atom. The standard InChI is InChI=1S/C21H19N5O5S/c1-29-15-4-3-5-16(30-2)20(15)14-9-23-26-21(25-14)22-10-18-24-13-8-12(31-11-19(27)28)6-7-17(13)32-18/h3-9H,10-11H2,1-2H3,(H,27,28)(H,22,25,26)/p-1. The van der Waals surface area contributed by atoms with Crippen molar-refractivity contribution >= 4 is 33.5 Å². The Labute approximate surface area is 186 Å². The van der Waals surface area contributed by atoms with Crippen LogP contribution in [0.2, 0.25) is 0 Å². The molecule has 0 saturated carbocycles. The number of hydrogen-bond acceptors (Lipinski definition) is 11. The minimum Gasteiger partial charge on any atom is -0.546 e. The van der Waals surface area contributed by atoms with Crippen molar-refractivity contribution in [1.29, 1.82) is 0 Å². The molecular weight excluding hydrogens is 434 g/mol. The Morgan fingerprint density at radius 2 is 1.91 bits per heavy atom. The van der Waals surface area contributed by atoms with E-state index in [1.807, 2.05) is 24.3 Å². The van der Waals surface area contributed by atoms with Crippen LogP contribution in [0.5, 0.6) is 17.2 Å². The molecule has 0 aliphatic heterocycles. The zero-order valence-corrected chi connectivity index (χ0v) is 18.0. The number of nitrogens with zero attached hydrogens (tertiary/aromatic N) is 4. The van der Waals surface area contributed by atoms with Crippen molar-refractivity contribution in [2.24, 2.45) is 0 Å². The van der Waals surface area contributed by atoms with E-state index in [0.29, 0.717) is 46.5 Å². The number of hydrogen-bond donors (Lipinski definition) is 1. The number of rotatable bonds is 9. The molecule has 10 nitrogen and oxygen atoms in total. The van der Waals surface area contributed by atoms with Gasteiger partial charge in [-0.15, -0.1) is 16.4 Å². The first kappa shape index (κ1) is 21.2. The Balaban J connectivity index is 1.52. The van der Waals surface area contributed by atoms with Gasteiger partial charge in [0, 0.05) is 6.07 Å². The number of carbonyl (C=O) groups is 1. The lowest BCUT2D eigenvalue weighted by Crippen LogP contribution is -2.28. The summed E-state index contributed by atoms with van der Waals surface area (Å²) in [5.74, 6) is 0.678. The van der Waals surface area contributed by atoms with E-state index in [2.05, 4.69) is 25.5 Å². The van der Waals surface area contributed by atoms with Crippen molar-refractivity contribution in [3.8, 4) is 28.5 Å². The highest BCUT2D eigenvalue weighted by Gasteiger charge is 2.15. The topological polar surface area (TPSA) is 131 Å². The number of carbonyl (C=O) groups excluding carboxylic acids is 1. The first-order valence-corrected chi connectivity index (χ1v) is 10.3. The van der Waals surface area contributed by atoms with Crippen LogP contribution in [0.3, 0.4) is 0 Å². The van der Waals surface area contributed by atoms with E-state index in [4.69, 9.17) is 14.2 Å². The van der Waals surface area contributed by atoms with Gasteiger partial charge in [-0.25, -0.2) is 9.97 Å². The molecule has 4 aromatic rings. The molecule has 0 amide bonds. The van der Waals surface area contributed by atoms with E-state index in [0.717, 1.165) is 9.71 Å². The van der Waals surface area contributed by atoms with Crippen LogP contribution >= 0.6 is 11.3 Å². The molecule has 0 fully saturated rings. The van der Waals surface area contributed by atoms with E-state index < -0.39 is 12.6 Å². The maximum Gasteiger partial charge on any atom is 0.243 e. The molecule has 0 aliphatic rings. The highest BCUT2D eigenvalue weighted by atomic mass is 32.1. The third-order valence-corrected chi connectivity index (χ3v) is 5.44. The number of anilines is 1. The molecule has 0 bridgehead atoms. The average Bonchev–Trinajstić information content (AvgIpc) is 3.23. The molecular formula is C21H18N5O5S-. The molecule has 0 aliphatic carbocycles. The molecule has 11 heteroatoms. The Morgan fingerprint density at radius 1 is 1.12 bits per heavy atom. The van der Waals surface area contributed by atoms with E-state index in [-0.39, 0.29) is 0 Å². The summed E-state index contributed by atoms with van der Waals surface area (Å²) in [6.45, 7) is -0.134. The second-order valence-corrected chi connectivity index (χ2v) is 7.57. The highest BCUT2D eigenvalue weighted by molar-refractivity contribution is 7.18. The second-order valence-electron chi connectivity index (χ2n) is 6.45. The van der Waals surface area contributed by atoms with Crippen molar-refractivity contribution in [3.63, 3.8) is 0 Å². The largest absolute Gasteiger partial charge is 0.546 e. The third kappa shape index (κ3) is 4.67. The highest BCUT2D eigenvalue weighted by Crippen LogP contribution is 2.37. The van der Waals surface area contributed by atoms with Gasteiger partial charge >= 0.3 is 0 Å². The van der Waals surface area contributed by atoms with Crippen molar-refractivity contribution in [1.82, 2.24) is 20.2 Å². The molecule has 0 spiro atoms. The average molecular weight is 452 g/mol. The molecule has 1 N–H and O–H groups in total. The quantitative estimate of drug-likeness (QED) is 0.402. The van der Waals surface area contributed by atoms with Crippen LogP contribution in [0.1, 0.15) is 5.01 Å². The fraction of sp³-hybridized carbons (Fsp3) is 0.190. The van der Waals surface area contributed by atoms with Crippen LogP contribution in [0, 0.1) is 0 Å². The molecule has 4 rings (SSSR count). The van der Waals surface area contributed by atoms with Crippen LogP contribution in [0.4, 0.5) is 5.95 Å². The van der Waals surface area contributed by atoms with Gasteiger partial charge in [0.15, 0.2) is 0 Å². The van der Waals surface area contributed by atoms with Gasteiger partial charge in [-0.05, 0) is 24.3 Å². The van der Waals surface area contributed by atoms with E-state index in [1.165, 1.54) is 17.5 Å². The maximum absolute atomic E-state index is 10.6. The van der Waals surface area contributed by atoms with Crippen LogP contribution in [0.25, 0.3) is 21.5 Å². The van der Waals surface area contributed by atoms with Crippen molar-refractivity contribution in [3.05, 3.63) is 47.6 Å². The Kier molecular flexibility index (Phi) is 6.26. The number of aromatic nitrogens is 4. The van der Waals surface area contributed by atoms with Crippen molar-refractivity contribution in [2.45, 2.75) is 6.54 Å². The van der Waals surface area contributed by atoms with Gasteiger partial charge in [-0.2, -0.15) is 5.10 Å². The monoisotopic (exact) mass is 452 g/mol. The van der Waals surface area contributed by atoms with Gasteiger partial charge in [0.2, 0.25) is 5.95 Å². The molecule has 2 aromatic carbocycles. The Hall–Kier alpha value is -3.99. The van der Waals surface area contributed by atoms with Crippen molar-refractivity contribution < 1.29 is 24.1 Å². The van der Waals surface area contributed by atoms with Gasteiger partial charge in [-0.1, -0.05) is 6.07 Å². The molecule has 164 valence electrons. The maximum atomic E-state index is 10.6. The summed E-state index contributed by atoms with van der Waals surface area (Å²) in [4.78, 5) is 19.6. The van der Waals surface area contributed by atoms with Gasteiger partial charge in [0.05, 0.1) is 48.7 Å². The predicted octanol–water partition coefficient (Wildman–Crippen LogP) is 1.91. The summed E-state index contributed by atoms with van der Waals surface area (Å²) in [6, 6.07) is 10.7. The lowest BCUT2D eigenvalue weighted by Gasteiger charge is -2.12. The number of aliphatic carboxylic acids is 1. The van der Waals surface area contributed by atoms with Crippen LogP contribution < -0.4 is 24.6 Å². The number of fused-ring (bicyclic) bond motifs is 1. The lowest BCUT2D eigenvalue weighted by atomic mass is 10.1. The first-order valence-electron chi connectivity index (χ1n) is 9.44. The van der Waals surface area contributed by atoms with E-state index in [1.54, 1.807) is 26.4 Å². The van der Waals surface area contributed by atoms with Gasteiger partial charge in [0.1, 0.15) is 34.6 Å². The number of carboxylic acid groups (broad SMARTS) is 1. The number of methoxy groups -OCH3 is 2. The van der Waals surface area contributed by atoms with E-state index >= 15 is 0 Å². The number of nitrogens with one attached hydrogen (secondary N) is 1. The van der Waals surface area contributed by atoms with Crippen LogP contribution in [0.15, 0.2) is 42.6 Å². The summed E-state index contributed by atoms with van der Waals surface area (Å²) in [5, 5.41) is 22.6. The summed E-state index contributed by atoms with van der Waals surface area (Å²) >= 11 is 1.49. The number of carboxylic acids is 1. The molecule has 2 heterocycles. The van der Waals surface area contributed by atoms with Gasteiger partial charge in [-0.3, -0.25) is 0 Å². The SMILES string of the molecule is COc1cccc(OC)c1-c1cnnc(NCc2nc3cc(OCC(=O)[O-])ccc3s2)n1. The zero-order chi connectivity index (χ0) is 22.5. The fourth-order valence-electron chi connectivity index (χ4n) is 3.02. The number of ether oxygens (including phenoxy) is 3.